The number of hydrogen-bond acceptors (Lipinski definition) is 7. The van der Waals surface area contributed by atoms with Crippen molar-refractivity contribution in [1.82, 2.24) is 0 Å². The Labute approximate surface area is 98.2 Å². The average Bonchev–Trinajstić information content (AvgIpc) is 2.29. The molecule has 7 nitrogen and oxygen atoms in total. The second-order valence-electron chi connectivity index (χ2n) is 3.59. The van der Waals surface area contributed by atoms with Gasteiger partial charge in [0.2, 0.25) is 6.29 Å². The van der Waals surface area contributed by atoms with Crippen LogP contribution in [0.3, 0.4) is 0 Å². The maximum Gasteiger partial charge on any atom is 0.332 e. The summed E-state index contributed by atoms with van der Waals surface area (Å²) < 4.78 is 14.7. The van der Waals surface area contributed by atoms with Gasteiger partial charge in [-0.1, -0.05) is 6.58 Å². The number of aliphatic hydroxyl groups is 3. The molecule has 0 aliphatic carbocycles. The summed E-state index contributed by atoms with van der Waals surface area (Å²) in [6, 6.07) is 0. The summed E-state index contributed by atoms with van der Waals surface area (Å²) in [5.74, 6) is -0.677. The zero-order valence-corrected chi connectivity index (χ0v) is 9.35. The number of esters is 1. The number of hydrogen-bond donors (Lipinski definition) is 3. The standard InChI is InChI=1S/C10H16O7/c1-3-7(12)16-5(2)17-10-9(14)8(13)6(11)4-15-10/h3,5-6,8-11,13-14H,1,4H2,2H3/t5?,6-,8+,9-,10?/m1/s1. The highest BCUT2D eigenvalue weighted by molar-refractivity contribution is 5.81. The van der Waals surface area contributed by atoms with E-state index in [2.05, 4.69) is 6.58 Å². The van der Waals surface area contributed by atoms with Crippen LogP contribution in [0.5, 0.6) is 0 Å². The molecule has 0 amide bonds. The zero-order chi connectivity index (χ0) is 13.0. The Morgan fingerprint density at radius 3 is 2.71 bits per heavy atom. The number of aliphatic hydroxyl groups excluding tert-OH is 3. The van der Waals surface area contributed by atoms with Crippen LogP contribution < -0.4 is 0 Å². The quantitative estimate of drug-likeness (QED) is 0.316. The third kappa shape index (κ3) is 3.76. The van der Waals surface area contributed by atoms with E-state index in [0.29, 0.717) is 0 Å². The molecule has 2 unspecified atom stereocenters. The third-order valence-electron chi connectivity index (χ3n) is 2.23. The number of carbonyl (C=O) groups is 1. The second-order valence-corrected chi connectivity index (χ2v) is 3.59. The van der Waals surface area contributed by atoms with Gasteiger partial charge in [-0.05, 0) is 6.92 Å². The Bertz CT molecular complexity index is 280. The van der Waals surface area contributed by atoms with Crippen LogP contribution in [0.25, 0.3) is 0 Å². The van der Waals surface area contributed by atoms with Gasteiger partial charge in [-0.15, -0.1) is 0 Å². The van der Waals surface area contributed by atoms with Gasteiger partial charge in [0.1, 0.15) is 18.3 Å². The van der Waals surface area contributed by atoms with E-state index in [4.69, 9.17) is 14.2 Å². The maximum atomic E-state index is 10.8. The summed E-state index contributed by atoms with van der Waals surface area (Å²) in [6.07, 6.45) is -5.12. The SMILES string of the molecule is C=CC(=O)OC(C)OC1OC[C@@H](O)[C@H](O)[C@H]1O. The van der Waals surface area contributed by atoms with Crippen LogP contribution in [0.15, 0.2) is 12.7 Å². The molecule has 0 aromatic rings. The minimum atomic E-state index is -1.41. The molecule has 3 N–H and O–H groups in total. The van der Waals surface area contributed by atoms with Crippen molar-refractivity contribution < 1.29 is 34.3 Å². The highest BCUT2D eigenvalue weighted by Crippen LogP contribution is 2.18. The van der Waals surface area contributed by atoms with Crippen molar-refractivity contribution in [3.05, 3.63) is 12.7 Å². The minimum Gasteiger partial charge on any atom is -0.433 e. The lowest BCUT2D eigenvalue weighted by Gasteiger charge is -2.35. The van der Waals surface area contributed by atoms with E-state index >= 15 is 0 Å². The first-order valence-electron chi connectivity index (χ1n) is 5.10. The van der Waals surface area contributed by atoms with Crippen molar-refractivity contribution in [3.63, 3.8) is 0 Å². The van der Waals surface area contributed by atoms with Gasteiger partial charge in [0.05, 0.1) is 6.61 Å². The lowest BCUT2D eigenvalue weighted by Crippen LogP contribution is -2.54. The fraction of sp³-hybridized carbons (Fsp3) is 0.700. The Morgan fingerprint density at radius 2 is 2.12 bits per heavy atom. The Morgan fingerprint density at radius 1 is 1.47 bits per heavy atom. The van der Waals surface area contributed by atoms with E-state index < -0.39 is 36.9 Å². The highest BCUT2D eigenvalue weighted by Gasteiger charge is 2.39. The first kappa shape index (κ1) is 14.1. The van der Waals surface area contributed by atoms with Gasteiger partial charge < -0.3 is 29.5 Å². The molecule has 1 heterocycles. The van der Waals surface area contributed by atoms with Crippen molar-refractivity contribution in [3.8, 4) is 0 Å². The van der Waals surface area contributed by atoms with E-state index in [1.165, 1.54) is 6.92 Å². The van der Waals surface area contributed by atoms with E-state index in [9.17, 15) is 20.1 Å². The van der Waals surface area contributed by atoms with Crippen LogP contribution in [0.2, 0.25) is 0 Å². The van der Waals surface area contributed by atoms with E-state index in [-0.39, 0.29) is 6.61 Å². The molecule has 0 spiro atoms. The predicted molar refractivity (Wildman–Crippen MR) is 54.6 cm³/mol. The largest absolute Gasteiger partial charge is 0.433 e. The van der Waals surface area contributed by atoms with Crippen LogP contribution >= 0.6 is 0 Å². The maximum absolute atomic E-state index is 10.8. The van der Waals surface area contributed by atoms with E-state index in [1.54, 1.807) is 0 Å². The number of carbonyl (C=O) groups excluding carboxylic acids is 1. The molecule has 1 saturated heterocycles. The zero-order valence-electron chi connectivity index (χ0n) is 9.35. The van der Waals surface area contributed by atoms with Gasteiger partial charge in [0.25, 0.3) is 0 Å². The van der Waals surface area contributed by atoms with Crippen LogP contribution in [0, 0.1) is 0 Å². The topological polar surface area (TPSA) is 105 Å². The molecule has 0 radical (unpaired) electrons. The van der Waals surface area contributed by atoms with Crippen molar-refractivity contribution >= 4 is 5.97 Å². The molecular formula is C10H16O7. The predicted octanol–water partition coefficient (Wildman–Crippen LogP) is -1.48. The van der Waals surface area contributed by atoms with Gasteiger partial charge in [-0.3, -0.25) is 0 Å². The van der Waals surface area contributed by atoms with Crippen molar-refractivity contribution in [1.29, 1.82) is 0 Å². The molecule has 0 bridgehead atoms. The lowest BCUT2D eigenvalue weighted by molar-refractivity contribution is -0.306. The molecule has 7 heteroatoms. The molecule has 5 atom stereocenters. The molecule has 1 aliphatic rings. The minimum absolute atomic E-state index is 0.176. The van der Waals surface area contributed by atoms with Crippen LogP contribution in [-0.4, -0.2) is 58.8 Å². The van der Waals surface area contributed by atoms with Gasteiger partial charge in [0, 0.05) is 6.08 Å². The molecule has 0 saturated carbocycles. The molecule has 98 valence electrons. The van der Waals surface area contributed by atoms with Crippen LogP contribution in [0.4, 0.5) is 0 Å². The monoisotopic (exact) mass is 248 g/mol. The molecule has 1 rings (SSSR count). The summed E-state index contributed by atoms with van der Waals surface area (Å²) in [7, 11) is 0. The second kappa shape index (κ2) is 6.08. The number of ether oxygens (including phenoxy) is 3. The molecule has 1 aliphatic heterocycles. The van der Waals surface area contributed by atoms with Crippen molar-refractivity contribution in [2.45, 2.75) is 37.8 Å². The third-order valence-corrected chi connectivity index (χ3v) is 2.23. The molecular weight excluding hydrogens is 232 g/mol. The van der Waals surface area contributed by atoms with Gasteiger partial charge in [-0.25, -0.2) is 4.79 Å². The normalized spacial score (nSPS) is 35.1. The molecule has 0 aromatic carbocycles. The first-order valence-corrected chi connectivity index (χ1v) is 5.10. The van der Waals surface area contributed by atoms with Crippen molar-refractivity contribution in [2.24, 2.45) is 0 Å². The van der Waals surface area contributed by atoms with Gasteiger partial charge >= 0.3 is 5.97 Å². The summed E-state index contributed by atoms with van der Waals surface area (Å²) in [6.45, 7) is 4.46. The number of rotatable bonds is 4. The fourth-order valence-electron chi connectivity index (χ4n) is 1.33. The summed E-state index contributed by atoms with van der Waals surface area (Å²) >= 11 is 0. The Kier molecular flexibility index (Phi) is 5.03. The molecule has 17 heavy (non-hydrogen) atoms. The molecule has 1 fully saturated rings. The average molecular weight is 248 g/mol. The first-order chi connectivity index (χ1) is 7.95. The van der Waals surface area contributed by atoms with Gasteiger partial charge in [0.15, 0.2) is 6.29 Å². The van der Waals surface area contributed by atoms with E-state index in [1.807, 2.05) is 0 Å². The summed E-state index contributed by atoms with van der Waals surface area (Å²) in [5, 5.41) is 28.1. The van der Waals surface area contributed by atoms with Gasteiger partial charge in [-0.2, -0.15) is 0 Å². The summed E-state index contributed by atoms with van der Waals surface area (Å²) in [5.41, 5.74) is 0. The van der Waals surface area contributed by atoms with Crippen LogP contribution in [-0.2, 0) is 19.0 Å². The lowest BCUT2D eigenvalue weighted by atomic mass is 10.1. The fourth-order valence-corrected chi connectivity index (χ4v) is 1.33. The van der Waals surface area contributed by atoms with Crippen LogP contribution in [0.1, 0.15) is 6.92 Å². The Balaban J connectivity index is 2.45. The summed E-state index contributed by atoms with van der Waals surface area (Å²) in [4.78, 5) is 10.8. The highest BCUT2D eigenvalue weighted by atomic mass is 16.8. The Hall–Kier alpha value is -0.990. The molecule has 0 aromatic heterocycles. The van der Waals surface area contributed by atoms with Crippen molar-refractivity contribution in [2.75, 3.05) is 6.61 Å². The smallest absolute Gasteiger partial charge is 0.332 e. The van der Waals surface area contributed by atoms with E-state index in [0.717, 1.165) is 6.08 Å².